The Labute approximate surface area is 104 Å². The van der Waals surface area contributed by atoms with Gasteiger partial charge in [0.2, 0.25) is 0 Å². The summed E-state index contributed by atoms with van der Waals surface area (Å²) in [6.45, 7) is 0.246. The highest BCUT2D eigenvalue weighted by Crippen LogP contribution is 2.19. The normalized spacial score (nSPS) is 13.4. The number of alkyl halides is 3. The molecule has 1 aromatic carbocycles. The molecule has 18 heavy (non-hydrogen) atoms. The molecule has 0 aliphatic heterocycles. The maximum Gasteiger partial charge on any atom is 0.411 e. The topological polar surface area (TPSA) is 30.5 Å². The Morgan fingerprint density at radius 1 is 1.33 bits per heavy atom. The molecule has 0 bridgehead atoms. The summed E-state index contributed by atoms with van der Waals surface area (Å²) in [4.78, 5) is 0. The van der Waals surface area contributed by atoms with E-state index in [1.165, 1.54) is 0 Å². The quantitative estimate of drug-likeness (QED) is 0.632. The molecule has 0 fully saturated rings. The van der Waals surface area contributed by atoms with Crippen molar-refractivity contribution in [3.63, 3.8) is 0 Å². The van der Waals surface area contributed by atoms with E-state index in [1.807, 2.05) is 20.0 Å². The van der Waals surface area contributed by atoms with Gasteiger partial charge in [-0.3, -0.25) is 0 Å². The van der Waals surface area contributed by atoms with Crippen molar-refractivity contribution < 1.29 is 22.6 Å². The Morgan fingerprint density at radius 2 is 2.06 bits per heavy atom. The molecular formula is C12H16F3NO2. The van der Waals surface area contributed by atoms with Crippen molar-refractivity contribution in [3.8, 4) is 5.75 Å². The van der Waals surface area contributed by atoms with Crippen LogP contribution in [0.5, 0.6) is 5.75 Å². The third kappa shape index (κ3) is 5.37. The fourth-order valence-electron chi connectivity index (χ4n) is 1.31. The predicted molar refractivity (Wildman–Crippen MR) is 61.4 cm³/mol. The number of hydrogen-bond acceptors (Lipinski definition) is 3. The third-order valence-electron chi connectivity index (χ3n) is 2.37. The number of hydrogen-bond donors (Lipinski definition) is 1. The Morgan fingerprint density at radius 3 is 2.67 bits per heavy atom. The maximum atomic E-state index is 11.8. The molecule has 102 valence electrons. The number of halogens is 3. The van der Waals surface area contributed by atoms with Crippen LogP contribution in [-0.4, -0.2) is 26.6 Å². The van der Waals surface area contributed by atoms with Crippen LogP contribution in [0.3, 0.4) is 0 Å². The maximum absolute atomic E-state index is 11.8. The van der Waals surface area contributed by atoms with E-state index in [2.05, 4.69) is 10.1 Å². The molecule has 6 heteroatoms. The second kappa shape index (κ2) is 6.61. The largest absolute Gasteiger partial charge is 0.468 e. The first-order valence-electron chi connectivity index (χ1n) is 5.47. The van der Waals surface area contributed by atoms with Crippen LogP contribution >= 0.6 is 0 Å². The first-order chi connectivity index (χ1) is 8.42. The van der Waals surface area contributed by atoms with Gasteiger partial charge in [-0.2, -0.15) is 13.2 Å². The summed E-state index contributed by atoms with van der Waals surface area (Å²) in [6.07, 6.45) is -4.33. The minimum atomic E-state index is -4.33. The number of benzene rings is 1. The van der Waals surface area contributed by atoms with Crippen LogP contribution in [0.4, 0.5) is 13.2 Å². The predicted octanol–water partition coefficient (Wildman–Crippen LogP) is 2.88. The fourth-order valence-corrected chi connectivity index (χ4v) is 1.31. The highest BCUT2D eigenvalue weighted by atomic mass is 19.4. The molecular weight excluding hydrogens is 247 g/mol. The van der Waals surface area contributed by atoms with Gasteiger partial charge in [0.1, 0.15) is 12.4 Å². The fraction of sp³-hybridized carbons (Fsp3) is 0.500. The molecule has 0 radical (unpaired) electrons. The second-order valence-corrected chi connectivity index (χ2v) is 3.81. The number of rotatable bonds is 6. The first kappa shape index (κ1) is 14.8. The third-order valence-corrected chi connectivity index (χ3v) is 2.37. The summed E-state index contributed by atoms with van der Waals surface area (Å²) in [5, 5.41) is 3.06. The highest BCUT2D eigenvalue weighted by Gasteiger charge is 2.27. The van der Waals surface area contributed by atoms with E-state index < -0.39 is 19.6 Å². The average molecular weight is 263 g/mol. The van der Waals surface area contributed by atoms with Gasteiger partial charge in [-0.15, -0.1) is 0 Å². The minimum absolute atomic E-state index is 0.143. The van der Waals surface area contributed by atoms with Crippen LogP contribution in [0.15, 0.2) is 24.3 Å². The first-order valence-corrected chi connectivity index (χ1v) is 5.47. The highest BCUT2D eigenvalue weighted by molar-refractivity contribution is 5.30. The summed E-state index contributed by atoms with van der Waals surface area (Å²) in [5.41, 5.74) is 0.992. The molecule has 1 N–H and O–H groups in total. The average Bonchev–Trinajstić information content (AvgIpc) is 2.33. The van der Waals surface area contributed by atoms with Crippen molar-refractivity contribution in [2.45, 2.75) is 19.1 Å². The molecule has 0 saturated carbocycles. The molecule has 1 atom stereocenters. The summed E-state index contributed by atoms with van der Waals surface area (Å²) in [5.74, 6) is 0.483. The van der Waals surface area contributed by atoms with Crippen molar-refractivity contribution in [2.24, 2.45) is 0 Å². The smallest absolute Gasteiger partial charge is 0.411 e. The van der Waals surface area contributed by atoms with E-state index in [0.29, 0.717) is 5.75 Å². The van der Waals surface area contributed by atoms with Crippen molar-refractivity contribution >= 4 is 0 Å². The van der Waals surface area contributed by atoms with Crippen molar-refractivity contribution in [2.75, 3.05) is 20.4 Å². The molecule has 0 aliphatic carbocycles. The van der Waals surface area contributed by atoms with Crippen molar-refractivity contribution in [1.82, 2.24) is 5.32 Å². The molecule has 0 aromatic heterocycles. The SMILES string of the molecule is CNC(C)c1cccc(OCOCC(F)(F)F)c1. The van der Waals surface area contributed by atoms with E-state index in [1.54, 1.807) is 18.2 Å². The van der Waals surface area contributed by atoms with Gasteiger partial charge in [0.05, 0.1) is 0 Å². The number of nitrogens with one attached hydrogen (secondary N) is 1. The zero-order valence-corrected chi connectivity index (χ0v) is 10.3. The van der Waals surface area contributed by atoms with Gasteiger partial charge in [0, 0.05) is 6.04 Å². The summed E-state index contributed by atoms with van der Waals surface area (Å²) >= 11 is 0. The molecule has 1 rings (SSSR count). The minimum Gasteiger partial charge on any atom is -0.468 e. The molecule has 1 aromatic rings. The van der Waals surface area contributed by atoms with Crippen LogP contribution in [0.1, 0.15) is 18.5 Å². The van der Waals surface area contributed by atoms with Crippen LogP contribution in [0.2, 0.25) is 0 Å². The molecule has 1 unspecified atom stereocenters. The van der Waals surface area contributed by atoms with Gasteiger partial charge in [-0.05, 0) is 31.7 Å². The van der Waals surface area contributed by atoms with Crippen molar-refractivity contribution in [3.05, 3.63) is 29.8 Å². The lowest BCUT2D eigenvalue weighted by atomic mass is 10.1. The van der Waals surface area contributed by atoms with Gasteiger partial charge in [-0.25, -0.2) is 0 Å². The van der Waals surface area contributed by atoms with Crippen LogP contribution in [0.25, 0.3) is 0 Å². The zero-order valence-electron chi connectivity index (χ0n) is 10.3. The Balaban J connectivity index is 2.43. The monoisotopic (exact) mass is 263 g/mol. The molecule has 3 nitrogen and oxygen atoms in total. The van der Waals surface area contributed by atoms with Gasteiger partial charge >= 0.3 is 6.18 Å². The van der Waals surface area contributed by atoms with E-state index in [-0.39, 0.29) is 6.04 Å². The zero-order chi connectivity index (χ0) is 13.6. The lowest BCUT2D eigenvalue weighted by molar-refractivity contribution is -0.186. The van der Waals surface area contributed by atoms with E-state index in [4.69, 9.17) is 4.74 Å². The molecule has 0 saturated heterocycles. The van der Waals surface area contributed by atoms with Gasteiger partial charge in [0.15, 0.2) is 6.79 Å². The van der Waals surface area contributed by atoms with Gasteiger partial charge < -0.3 is 14.8 Å². The molecule has 0 spiro atoms. The summed E-state index contributed by atoms with van der Waals surface area (Å²) < 4.78 is 44.9. The standard InChI is InChI=1S/C12H16F3NO2/c1-9(16-2)10-4-3-5-11(6-10)18-8-17-7-12(13,14)15/h3-6,9,16H,7-8H2,1-2H3. The lowest BCUT2D eigenvalue weighted by Crippen LogP contribution is -2.19. The molecule has 0 aliphatic rings. The Bertz CT molecular complexity index is 369. The number of ether oxygens (including phenoxy) is 2. The second-order valence-electron chi connectivity index (χ2n) is 3.81. The molecule has 0 amide bonds. The Kier molecular flexibility index (Phi) is 5.43. The van der Waals surface area contributed by atoms with E-state index in [0.717, 1.165) is 5.56 Å². The van der Waals surface area contributed by atoms with Crippen LogP contribution in [-0.2, 0) is 4.74 Å². The van der Waals surface area contributed by atoms with E-state index in [9.17, 15) is 13.2 Å². The van der Waals surface area contributed by atoms with Crippen LogP contribution < -0.4 is 10.1 Å². The van der Waals surface area contributed by atoms with Crippen molar-refractivity contribution in [1.29, 1.82) is 0 Å². The Hall–Kier alpha value is -1.27. The lowest BCUT2D eigenvalue weighted by Gasteiger charge is -2.13. The van der Waals surface area contributed by atoms with Gasteiger partial charge in [-0.1, -0.05) is 12.1 Å². The summed E-state index contributed by atoms with van der Waals surface area (Å²) in [7, 11) is 1.82. The van der Waals surface area contributed by atoms with Gasteiger partial charge in [0.25, 0.3) is 0 Å². The van der Waals surface area contributed by atoms with E-state index >= 15 is 0 Å². The summed E-state index contributed by atoms with van der Waals surface area (Å²) in [6, 6.07) is 7.26. The molecule has 0 heterocycles. The van der Waals surface area contributed by atoms with Crippen LogP contribution in [0, 0.1) is 0 Å².